The summed E-state index contributed by atoms with van der Waals surface area (Å²) in [6.45, 7) is 20.9. The Morgan fingerprint density at radius 2 is 0.559 bits per heavy atom. The van der Waals surface area contributed by atoms with Crippen LogP contribution >= 0.6 is 0 Å². The van der Waals surface area contributed by atoms with Gasteiger partial charge in [-0.15, -0.1) is 22.7 Å². The van der Waals surface area contributed by atoms with Gasteiger partial charge in [-0.05, 0) is 103 Å². The molecular weight excluding hydrogens is 968 g/mol. The molecule has 8 rings (SSSR count). The summed E-state index contributed by atoms with van der Waals surface area (Å²) >= 11 is 7.33. The first kappa shape index (κ1) is 58.6. The van der Waals surface area contributed by atoms with Crippen LogP contribution in [0.25, 0.3) is 10.6 Å². The molecule has 0 saturated heterocycles. The molecule has 8 heteroatoms. The molecule has 0 aliphatic heterocycles. The first-order chi connectivity index (χ1) is 31.9. The predicted octanol–water partition coefficient (Wildman–Crippen LogP) is 18.0. The average Bonchev–Trinajstić information content (AvgIpc) is 3.31. The van der Waals surface area contributed by atoms with E-state index in [9.17, 15) is 0 Å². The molecule has 356 valence electrons. The van der Waals surface area contributed by atoms with Gasteiger partial charge in [0, 0.05) is 12.4 Å². The van der Waals surface area contributed by atoms with E-state index in [0.717, 1.165) is 45.3 Å². The van der Waals surface area contributed by atoms with Crippen molar-refractivity contribution in [2.75, 3.05) is 0 Å². The van der Waals surface area contributed by atoms with Crippen molar-refractivity contribution in [3.8, 4) is 0 Å². The molecule has 0 saturated carbocycles. The van der Waals surface area contributed by atoms with Gasteiger partial charge >= 0.3 is 34.1 Å². The summed E-state index contributed by atoms with van der Waals surface area (Å²) in [6, 6.07) is 61.8. The molecule has 0 atom stereocenters. The van der Waals surface area contributed by atoms with Crippen molar-refractivity contribution in [2.24, 2.45) is 9.98 Å². The molecule has 0 aromatic heterocycles. The van der Waals surface area contributed by atoms with Crippen molar-refractivity contribution in [2.45, 2.75) is 69.2 Å². The maximum Gasteiger partial charge on any atom is 2.00 e. The summed E-state index contributed by atoms with van der Waals surface area (Å²) in [5.41, 5.74) is 20.2. The predicted molar refractivity (Wildman–Crippen MR) is 294 cm³/mol. The topological polar surface area (TPSA) is 52.9 Å². The Balaban J connectivity index is 0.000000345. The monoisotopic (exact) mass is 1030 g/mol. The van der Waals surface area contributed by atoms with E-state index in [-0.39, 0.29) is 34.1 Å². The molecular formula is C60H62Cu2N4S2. The van der Waals surface area contributed by atoms with Crippen LogP contribution in [0.3, 0.4) is 0 Å². The van der Waals surface area contributed by atoms with Crippen molar-refractivity contribution in [1.82, 2.24) is 0 Å². The first-order valence-electron chi connectivity index (χ1n) is 22.1. The van der Waals surface area contributed by atoms with Crippen LogP contribution in [0, 0.1) is 69.2 Å². The van der Waals surface area contributed by atoms with E-state index >= 15 is 0 Å². The van der Waals surface area contributed by atoms with Gasteiger partial charge in [0.1, 0.15) is 0 Å². The molecule has 0 fully saturated rings. The van der Waals surface area contributed by atoms with Crippen LogP contribution < -0.4 is 0 Å². The van der Waals surface area contributed by atoms with Crippen molar-refractivity contribution in [1.29, 1.82) is 0 Å². The Labute approximate surface area is 439 Å². The Morgan fingerprint density at radius 1 is 0.309 bits per heavy atom. The quantitative estimate of drug-likeness (QED) is 0.0659. The molecule has 0 heterocycles. The zero-order valence-corrected chi connectivity index (χ0v) is 44.2. The van der Waals surface area contributed by atoms with Crippen LogP contribution in [0.15, 0.2) is 192 Å². The maximum atomic E-state index is 4.91. The third kappa shape index (κ3) is 18.8. The summed E-state index contributed by atoms with van der Waals surface area (Å²) in [5, 5.41) is 9.81. The van der Waals surface area contributed by atoms with Gasteiger partial charge in [0.05, 0.1) is 11.4 Å². The van der Waals surface area contributed by atoms with Crippen molar-refractivity contribution >= 4 is 69.9 Å². The number of rotatable bonds is 8. The molecule has 8 aromatic rings. The van der Waals surface area contributed by atoms with Gasteiger partial charge in [0.2, 0.25) is 0 Å². The smallest absolute Gasteiger partial charge is 1.00 e. The van der Waals surface area contributed by atoms with Gasteiger partial charge in [-0.2, -0.15) is 0 Å². The van der Waals surface area contributed by atoms with E-state index in [1.807, 2.05) is 85.2 Å². The maximum absolute atomic E-state index is 4.91. The van der Waals surface area contributed by atoms with Gasteiger partial charge in [-0.1, -0.05) is 215 Å². The van der Waals surface area contributed by atoms with E-state index in [2.05, 4.69) is 202 Å². The van der Waals surface area contributed by atoms with Gasteiger partial charge in [-0.3, -0.25) is 9.98 Å². The number of hydrogen-bond acceptors (Lipinski definition) is 4. The normalized spacial score (nSPS) is 10.0. The molecule has 0 N–H and O–H groups in total. The summed E-state index contributed by atoms with van der Waals surface area (Å²) in [4.78, 5) is 9.48. The first-order valence-corrected chi connectivity index (χ1v) is 23.4. The SMILES string of the molecule is Cc1cccc(C)c1N=Cc1ccccc1[N-]c1c(C)cccc1C.Cc1cccc(C)c1N=Cc1ccccc1[N-]c1c(C)cccc1C.Cc1ccccc1.Cc1ccccc1.[Cu+2].[Cu+2].[S-][S-]. The Morgan fingerprint density at radius 3 is 0.824 bits per heavy atom. The van der Waals surface area contributed by atoms with Crippen LogP contribution in [-0.4, -0.2) is 12.4 Å². The fourth-order valence-electron chi connectivity index (χ4n) is 6.96. The minimum Gasteiger partial charge on any atom is -1.00 e. The van der Waals surface area contributed by atoms with Crippen molar-refractivity contribution in [3.63, 3.8) is 0 Å². The van der Waals surface area contributed by atoms with E-state index in [0.29, 0.717) is 0 Å². The zero-order chi connectivity index (χ0) is 47.8. The molecule has 2 radical (unpaired) electrons. The molecule has 0 aliphatic rings. The summed E-state index contributed by atoms with van der Waals surface area (Å²) in [7, 11) is 0. The fourth-order valence-corrected chi connectivity index (χ4v) is 6.96. The third-order valence-corrected chi connectivity index (χ3v) is 10.6. The second-order valence-corrected chi connectivity index (χ2v) is 16.1. The number of benzene rings is 8. The average molecular weight is 1030 g/mol. The number of aryl methyl sites for hydroxylation is 10. The van der Waals surface area contributed by atoms with E-state index in [4.69, 9.17) is 20.6 Å². The Hall–Kier alpha value is -5.56. The third-order valence-electron chi connectivity index (χ3n) is 10.6. The van der Waals surface area contributed by atoms with Crippen LogP contribution in [-0.2, 0) is 57.5 Å². The molecule has 8 aromatic carbocycles. The van der Waals surface area contributed by atoms with E-state index in [1.54, 1.807) is 0 Å². The van der Waals surface area contributed by atoms with Crippen molar-refractivity contribution in [3.05, 3.63) is 259 Å². The van der Waals surface area contributed by atoms with Crippen LogP contribution in [0.1, 0.15) is 66.8 Å². The molecule has 0 aliphatic carbocycles. The van der Waals surface area contributed by atoms with Crippen molar-refractivity contribution < 1.29 is 34.1 Å². The van der Waals surface area contributed by atoms with Crippen LogP contribution in [0.5, 0.6) is 0 Å². The van der Waals surface area contributed by atoms with Gasteiger partial charge in [0.15, 0.2) is 0 Å². The molecule has 0 unspecified atom stereocenters. The number of para-hydroxylation sites is 6. The standard InChI is InChI=1S/2C23H23N2.2C7H8.2Cu.S2/c2*1-16-9-7-10-17(2)22(16)24-15-20-13-5-6-14-21(20)25-23-18(3)11-8-12-19(23)4;2*1-7-5-3-2-4-6-7;;;1-2/h2*5-15H,1-4H3;2*2-6H,1H3;;;/q2*-1;;;2*+2;-2. The number of hydrogen-bond donors (Lipinski definition) is 0. The minimum atomic E-state index is 0. The van der Waals surface area contributed by atoms with Gasteiger partial charge < -0.3 is 34.0 Å². The number of aliphatic imine (C=N–C) groups is 2. The van der Waals surface area contributed by atoms with Crippen LogP contribution in [0.2, 0.25) is 0 Å². The summed E-state index contributed by atoms with van der Waals surface area (Å²) in [6.07, 6.45) is 3.84. The fraction of sp³-hybridized carbons (Fsp3) is 0.167. The Bertz CT molecular complexity index is 2520. The Kier molecular flexibility index (Phi) is 27.1. The number of nitrogens with zero attached hydrogens (tertiary/aromatic N) is 4. The molecule has 68 heavy (non-hydrogen) atoms. The zero-order valence-electron chi connectivity index (χ0n) is 40.7. The molecule has 0 spiro atoms. The van der Waals surface area contributed by atoms with Crippen LogP contribution in [0.4, 0.5) is 34.1 Å². The second-order valence-electron chi connectivity index (χ2n) is 16.1. The van der Waals surface area contributed by atoms with E-state index < -0.39 is 0 Å². The summed E-state index contributed by atoms with van der Waals surface area (Å²) in [5.74, 6) is 0. The molecule has 0 bridgehead atoms. The molecule has 4 nitrogen and oxygen atoms in total. The van der Waals surface area contributed by atoms with Gasteiger partial charge in [0.25, 0.3) is 0 Å². The largest absolute Gasteiger partial charge is 2.00 e. The minimum absolute atomic E-state index is 0. The summed E-state index contributed by atoms with van der Waals surface area (Å²) < 4.78 is 0. The van der Waals surface area contributed by atoms with E-state index in [1.165, 1.54) is 55.6 Å². The molecule has 0 amide bonds. The second kappa shape index (κ2) is 31.5. The van der Waals surface area contributed by atoms with Gasteiger partial charge in [-0.25, -0.2) is 0 Å².